The quantitative estimate of drug-likeness (QED) is 0.521. The minimum Gasteiger partial charge on any atom is -0.394 e. The Bertz CT molecular complexity index is 93.9. The van der Waals surface area contributed by atoms with Crippen molar-refractivity contribution >= 4 is 0 Å². The van der Waals surface area contributed by atoms with Crippen LogP contribution < -0.4 is 0 Å². The van der Waals surface area contributed by atoms with Crippen LogP contribution in [0.5, 0.6) is 0 Å². The molecule has 4 nitrogen and oxygen atoms in total. The molecule has 0 aromatic carbocycles. The van der Waals surface area contributed by atoms with Crippen LogP contribution >= 0.6 is 0 Å². The molecule has 10 heavy (non-hydrogen) atoms. The molecule has 1 rings (SSSR count). The Hall–Kier alpha value is -0.160. The molecular weight excluding hydrogens is 136 g/mol. The van der Waals surface area contributed by atoms with Crippen molar-refractivity contribution in [2.75, 3.05) is 13.7 Å². The number of hydrogen-bond donors (Lipinski definition) is 2. The van der Waals surface area contributed by atoms with E-state index < -0.39 is 18.3 Å². The summed E-state index contributed by atoms with van der Waals surface area (Å²) in [5.41, 5.74) is 0. The fraction of sp³-hybridized carbons (Fsp3) is 0.833. The van der Waals surface area contributed by atoms with Gasteiger partial charge in [-0.05, 0) is 0 Å². The third-order valence-electron chi connectivity index (χ3n) is 1.56. The monoisotopic (exact) mass is 147 g/mol. The highest BCUT2D eigenvalue weighted by Crippen LogP contribution is 2.19. The molecule has 0 saturated carbocycles. The van der Waals surface area contributed by atoms with Gasteiger partial charge >= 0.3 is 0 Å². The predicted octanol–water partition coefficient (Wildman–Crippen LogP) is -1.08. The third kappa shape index (κ3) is 1.29. The van der Waals surface area contributed by atoms with Crippen LogP contribution in [0.3, 0.4) is 0 Å². The lowest BCUT2D eigenvalue weighted by Gasteiger charge is -2.13. The number of aliphatic hydroxyl groups is 2. The van der Waals surface area contributed by atoms with E-state index >= 15 is 0 Å². The lowest BCUT2D eigenvalue weighted by molar-refractivity contribution is -0.0138. The van der Waals surface area contributed by atoms with E-state index in [4.69, 9.17) is 14.6 Å². The normalized spacial score (nSPS) is 40.5. The van der Waals surface area contributed by atoms with Gasteiger partial charge in [-0.25, -0.2) is 0 Å². The summed E-state index contributed by atoms with van der Waals surface area (Å²) in [4.78, 5) is 0. The van der Waals surface area contributed by atoms with Crippen LogP contribution in [0, 0.1) is 6.61 Å². The summed E-state index contributed by atoms with van der Waals surface area (Å²) in [5.74, 6) is 0. The third-order valence-corrected chi connectivity index (χ3v) is 1.56. The summed E-state index contributed by atoms with van der Waals surface area (Å²) in [6.45, 7) is 1.21. The van der Waals surface area contributed by atoms with Crippen LogP contribution in [0.25, 0.3) is 0 Å². The maximum atomic E-state index is 9.21. The van der Waals surface area contributed by atoms with Crippen molar-refractivity contribution in [1.82, 2.24) is 0 Å². The Morgan fingerprint density at radius 2 is 2.40 bits per heavy atom. The van der Waals surface area contributed by atoms with Crippen molar-refractivity contribution in [2.45, 2.75) is 18.3 Å². The van der Waals surface area contributed by atoms with E-state index in [1.165, 1.54) is 13.7 Å². The number of ether oxygens (including phenoxy) is 2. The molecule has 3 atom stereocenters. The lowest BCUT2D eigenvalue weighted by atomic mass is 10.2. The number of methoxy groups -OCH3 is 1. The minimum atomic E-state index is -0.741. The maximum absolute atomic E-state index is 9.21. The molecule has 1 saturated heterocycles. The molecule has 1 aliphatic heterocycles. The van der Waals surface area contributed by atoms with E-state index in [1.54, 1.807) is 0 Å². The second-order valence-electron chi connectivity index (χ2n) is 2.18. The highest BCUT2D eigenvalue weighted by molar-refractivity contribution is 4.90. The molecule has 0 unspecified atom stereocenters. The Labute approximate surface area is 59.4 Å². The molecule has 1 heterocycles. The van der Waals surface area contributed by atoms with Crippen LogP contribution in [0.4, 0.5) is 0 Å². The molecule has 0 aromatic heterocycles. The first-order valence-electron chi connectivity index (χ1n) is 3.10. The van der Waals surface area contributed by atoms with Gasteiger partial charge in [0.15, 0.2) is 0 Å². The Morgan fingerprint density at radius 1 is 1.70 bits per heavy atom. The summed E-state index contributed by atoms with van der Waals surface area (Å²) >= 11 is 0. The second kappa shape index (κ2) is 3.30. The lowest BCUT2D eigenvalue weighted by Crippen LogP contribution is -2.32. The first-order valence-corrected chi connectivity index (χ1v) is 3.10. The molecule has 0 bridgehead atoms. The number of rotatable bonds is 2. The van der Waals surface area contributed by atoms with E-state index in [2.05, 4.69) is 0 Å². The number of aliphatic hydroxyl groups excluding tert-OH is 2. The van der Waals surface area contributed by atoms with Crippen molar-refractivity contribution in [3.63, 3.8) is 0 Å². The van der Waals surface area contributed by atoms with Gasteiger partial charge in [-0.2, -0.15) is 0 Å². The van der Waals surface area contributed by atoms with Crippen molar-refractivity contribution in [2.24, 2.45) is 0 Å². The van der Waals surface area contributed by atoms with Crippen molar-refractivity contribution in [3.8, 4) is 0 Å². The fourth-order valence-corrected chi connectivity index (χ4v) is 0.897. The molecule has 2 N–H and O–H groups in total. The van der Waals surface area contributed by atoms with Crippen molar-refractivity contribution < 1.29 is 19.7 Å². The minimum absolute atomic E-state index is 0.183. The molecule has 1 aliphatic rings. The van der Waals surface area contributed by atoms with Crippen LogP contribution in [-0.2, 0) is 9.47 Å². The zero-order valence-electron chi connectivity index (χ0n) is 5.73. The topological polar surface area (TPSA) is 58.9 Å². The summed E-state index contributed by atoms with van der Waals surface area (Å²) in [6.07, 6.45) is -1.67. The van der Waals surface area contributed by atoms with Crippen LogP contribution in [0.15, 0.2) is 0 Å². The van der Waals surface area contributed by atoms with Gasteiger partial charge in [0.05, 0.1) is 6.61 Å². The predicted molar refractivity (Wildman–Crippen MR) is 33.1 cm³/mol. The van der Waals surface area contributed by atoms with Gasteiger partial charge in [-0.3, -0.25) is 0 Å². The Kier molecular flexibility index (Phi) is 2.62. The highest BCUT2D eigenvalue weighted by atomic mass is 16.6. The first-order chi connectivity index (χ1) is 4.79. The largest absolute Gasteiger partial charge is 0.394 e. The van der Waals surface area contributed by atoms with E-state index in [0.717, 1.165) is 0 Å². The molecule has 0 aliphatic carbocycles. The van der Waals surface area contributed by atoms with E-state index in [0.29, 0.717) is 0 Å². The second-order valence-corrected chi connectivity index (χ2v) is 2.18. The Balaban J connectivity index is 2.41. The van der Waals surface area contributed by atoms with E-state index in [-0.39, 0.29) is 6.61 Å². The van der Waals surface area contributed by atoms with Crippen molar-refractivity contribution in [1.29, 1.82) is 0 Å². The SMILES string of the molecule is CO[C@H]1[CH]O[C@H](CO)[C@H]1O. The van der Waals surface area contributed by atoms with Crippen molar-refractivity contribution in [3.05, 3.63) is 6.61 Å². The average molecular weight is 147 g/mol. The highest BCUT2D eigenvalue weighted by Gasteiger charge is 2.35. The molecule has 0 amide bonds. The van der Waals surface area contributed by atoms with Crippen LogP contribution in [0.1, 0.15) is 0 Å². The van der Waals surface area contributed by atoms with E-state index in [1.807, 2.05) is 0 Å². The fourth-order valence-electron chi connectivity index (χ4n) is 0.897. The molecule has 59 valence electrons. The summed E-state index contributed by atoms with van der Waals surface area (Å²) in [5, 5.41) is 17.8. The molecule has 4 heteroatoms. The zero-order chi connectivity index (χ0) is 7.56. The first kappa shape index (κ1) is 7.94. The smallest absolute Gasteiger partial charge is 0.116 e. The van der Waals surface area contributed by atoms with Gasteiger partial charge in [-0.1, -0.05) is 0 Å². The molecule has 1 fully saturated rings. The zero-order valence-corrected chi connectivity index (χ0v) is 5.73. The van der Waals surface area contributed by atoms with Crippen LogP contribution in [-0.4, -0.2) is 42.2 Å². The van der Waals surface area contributed by atoms with Gasteiger partial charge in [0.2, 0.25) is 0 Å². The van der Waals surface area contributed by atoms with Crippen LogP contribution in [0.2, 0.25) is 0 Å². The Morgan fingerprint density at radius 3 is 2.70 bits per heavy atom. The standard InChI is InChI=1S/C6H11O4/c1-9-5-3-10-4(2-7)6(5)8/h3-8H,2H2,1H3/t4-,5+,6-/m1/s1. The van der Waals surface area contributed by atoms with Gasteiger partial charge < -0.3 is 19.7 Å². The molecule has 0 aromatic rings. The maximum Gasteiger partial charge on any atom is 0.116 e. The van der Waals surface area contributed by atoms with Gasteiger partial charge in [0.25, 0.3) is 0 Å². The summed E-state index contributed by atoms with van der Waals surface area (Å²) in [6, 6.07) is 0. The van der Waals surface area contributed by atoms with Gasteiger partial charge in [0.1, 0.15) is 24.9 Å². The molecule has 1 radical (unpaired) electrons. The average Bonchev–Trinajstić information content (AvgIpc) is 2.30. The molecule has 0 spiro atoms. The van der Waals surface area contributed by atoms with E-state index in [9.17, 15) is 5.11 Å². The summed E-state index contributed by atoms with van der Waals surface area (Å²) in [7, 11) is 1.48. The number of hydrogen-bond acceptors (Lipinski definition) is 4. The molecular formula is C6H11O4. The van der Waals surface area contributed by atoms with Gasteiger partial charge in [0, 0.05) is 7.11 Å². The van der Waals surface area contributed by atoms with Gasteiger partial charge in [-0.15, -0.1) is 0 Å². The summed E-state index contributed by atoms with van der Waals surface area (Å²) < 4.78 is 9.68.